The molecule has 0 aromatic heterocycles. The van der Waals surface area contributed by atoms with E-state index in [1.807, 2.05) is 86.6 Å². The van der Waals surface area contributed by atoms with Crippen molar-refractivity contribution in [1.29, 1.82) is 0 Å². The Labute approximate surface area is 161 Å². The number of nitrogens with one attached hydrogen (secondary N) is 1. The van der Waals surface area contributed by atoms with E-state index in [2.05, 4.69) is 11.4 Å². The van der Waals surface area contributed by atoms with Crippen LogP contribution < -0.4 is 10.1 Å². The van der Waals surface area contributed by atoms with Gasteiger partial charge in [0, 0.05) is 0 Å². The molecule has 3 aromatic rings. The fraction of sp³-hybridized carbons (Fsp3) is 0.208. The number of carbonyl (C=O) groups excluding carboxylic acids is 1. The Morgan fingerprint density at radius 1 is 0.815 bits per heavy atom. The Kier molecular flexibility index (Phi) is 5.92. The van der Waals surface area contributed by atoms with E-state index in [1.54, 1.807) is 6.92 Å². The van der Waals surface area contributed by atoms with Gasteiger partial charge in [-0.25, -0.2) is 0 Å². The summed E-state index contributed by atoms with van der Waals surface area (Å²) in [5.41, 5.74) is 4.31. The third-order valence-corrected chi connectivity index (χ3v) is 4.43. The highest BCUT2D eigenvalue weighted by atomic mass is 16.5. The third-order valence-electron chi connectivity index (χ3n) is 4.43. The summed E-state index contributed by atoms with van der Waals surface area (Å²) < 4.78 is 5.90. The Morgan fingerprint density at radius 2 is 1.30 bits per heavy atom. The number of hydrogen-bond acceptors (Lipinski definition) is 2. The average molecular weight is 359 g/mol. The summed E-state index contributed by atoms with van der Waals surface area (Å²) in [6.45, 7) is 5.82. The van der Waals surface area contributed by atoms with Gasteiger partial charge in [-0.05, 0) is 55.2 Å². The first-order chi connectivity index (χ1) is 13.0. The molecule has 0 saturated carbocycles. The molecule has 3 nitrogen and oxygen atoms in total. The Bertz CT molecular complexity index is 831. The van der Waals surface area contributed by atoms with Crippen molar-refractivity contribution in [2.45, 2.75) is 32.9 Å². The zero-order valence-electron chi connectivity index (χ0n) is 16.0. The van der Waals surface area contributed by atoms with Gasteiger partial charge in [0.2, 0.25) is 0 Å². The number of rotatable bonds is 6. The van der Waals surface area contributed by atoms with Crippen LogP contribution in [-0.2, 0) is 4.79 Å². The van der Waals surface area contributed by atoms with Crippen LogP contribution in [0.3, 0.4) is 0 Å². The highest BCUT2D eigenvalue weighted by molar-refractivity contribution is 5.81. The van der Waals surface area contributed by atoms with Crippen molar-refractivity contribution in [1.82, 2.24) is 5.32 Å². The summed E-state index contributed by atoms with van der Waals surface area (Å²) in [4.78, 5) is 12.8. The number of ether oxygens (including phenoxy) is 1. The lowest BCUT2D eigenvalue weighted by atomic mass is 9.98. The van der Waals surface area contributed by atoms with Crippen molar-refractivity contribution < 1.29 is 9.53 Å². The van der Waals surface area contributed by atoms with Crippen LogP contribution in [0.1, 0.15) is 35.2 Å². The van der Waals surface area contributed by atoms with Crippen LogP contribution in [0.4, 0.5) is 0 Å². The first-order valence-electron chi connectivity index (χ1n) is 9.18. The molecule has 0 aliphatic carbocycles. The molecule has 1 amide bonds. The molecule has 0 fully saturated rings. The number of hydrogen-bond donors (Lipinski definition) is 1. The van der Waals surface area contributed by atoms with Gasteiger partial charge in [0.15, 0.2) is 6.10 Å². The first kappa shape index (κ1) is 18.7. The number of carbonyl (C=O) groups is 1. The first-order valence-corrected chi connectivity index (χ1v) is 9.18. The predicted molar refractivity (Wildman–Crippen MR) is 109 cm³/mol. The SMILES string of the molecule is Cc1cc(C)cc(OC(C)C(=O)NC(c2ccccc2)c2ccccc2)c1. The van der Waals surface area contributed by atoms with Gasteiger partial charge in [-0.2, -0.15) is 0 Å². The van der Waals surface area contributed by atoms with Crippen LogP contribution >= 0.6 is 0 Å². The van der Waals surface area contributed by atoms with Gasteiger partial charge >= 0.3 is 0 Å². The van der Waals surface area contributed by atoms with E-state index in [4.69, 9.17) is 4.74 Å². The van der Waals surface area contributed by atoms with Crippen LogP contribution in [0.5, 0.6) is 5.75 Å². The normalized spacial score (nSPS) is 11.9. The second-order valence-electron chi connectivity index (χ2n) is 6.85. The second kappa shape index (κ2) is 8.54. The van der Waals surface area contributed by atoms with Crippen molar-refractivity contribution in [2.75, 3.05) is 0 Å². The van der Waals surface area contributed by atoms with Crippen molar-refractivity contribution in [3.05, 3.63) is 101 Å². The molecule has 0 bridgehead atoms. The fourth-order valence-corrected chi connectivity index (χ4v) is 3.17. The monoisotopic (exact) mass is 359 g/mol. The van der Waals surface area contributed by atoms with Gasteiger partial charge in [0.05, 0.1) is 6.04 Å². The minimum Gasteiger partial charge on any atom is -0.481 e. The summed E-state index contributed by atoms with van der Waals surface area (Å²) in [5, 5.41) is 3.13. The Morgan fingerprint density at radius 3 is 1.78 bits per heavy atom. The lowest BCUT2D eigenvalue weighted by molar-refractivity contribution is -0.127. The molecule has 1 atom stereocenters. The lowest BCUT2D eigenvalue weighted by Crippen LogP contribution is -2.39. The maximum Gasteiger partial charge on any atom is 0.261 e. The molecule has 0 aliphatic heterocycles. The maximum atomic E-state index is 12.8. The standard InChI is InChI=1S/C24H25NO2/c1-17-14-18(2)16-22(15-17)27-19(3)24(26)25-23(20-10-6-4-7-11-20)21-12-8-5-9-13-21/h4-16,19,23H,1-3H3,(H,25,26). The molecule has 1 N–H and O–H groups in total. The molecule has 0 saturated heterocycles. The van der Waals surface area contributed by atoms with Gasteiger partial charge in [0.1, 0.15) is 5.75 Å². The van der Waals surface area contributed by atoms with Gasteiger partial charge in [-0.1, -0.05) is 66.7 Å². The van der Waals surface area contributed by atoms with E-state index in [0.29, 0.717) is 5.75 Å². The lowest BCUT2D eigenvalue weighted by Gasteiger charge is -2.23. The molecule has 3 heteroatoms. The molecule has 0 aliphatic rings. The Hall–Kier alpha value is -3.07. The van der Waals surface area contributed by atoms with E-state index in [-0.39, 0.29) is 11.9 Å². The quantitative estimate of drug-likeness (QED) is 0.674. The van der Waals surface area contributed by atoms with E-state index in [1.165, 1.54) is 0 Å². The largest absolute Gasteiger partial charge is 0.481 e. The van der Waals surface area contributed by atoms with Gasteiger partial charge in [0.25, 0.3) is 5.91 Å². The highest BCUT2D eigenvalue weighted by Gasteiger charge is 2.21. The second-order valence-corrected chi connectivity index (χ2v) is 6.85. The molecule has 3 rings (SSSR count). The zero-order chi connectivity index (χ0) is 19.2. The van der Waals surface area contributed by atoms with E-state index < -0.39 is 6.10 Å². The minimum absolute atomic E-state index is 0.146. The van der Waals surface area contributed by atoms with E-state index >= 15 is 0 Å². The smallest absolute Gasteiger partial charge is 0.261 e. The molecule has 0 spiro atoms. The number of amides is 1. The number of aryl methyl sites for hydroxylation is 2. The highest BCUT2D eigenvalue weighted by Crippen LogP contribution is 2.23. The zero-order valence-corrected chi connectivity index (χ0v) is 16.0. The molecular formula is C24H25NO2. The molecule has 0 radical (unpaired) electrons. The molecule has 0 heterocycles. The maximum absolute atomic E-state index is 12.8. The van der Waals surface area contributed by atoms with E-state index in [0.717, 1.165) is 22.3 Å². The third kappa shape index (κ3) is 4.98. The minimum atomic E-state index is -0.596. The summed E-state index contributed by atoms with van der Waals surface area (Å²) in [7, 11) is 0. The van der Waals surface area contributed by atoms with Crippen molar-refractivity contribution in [3.63, 3.8) is 0 Å². The summed E-state index contributed by atoms with van der Waals surface area (Å²) >= 11 is 0. The van der Waals surface area contributed by atoms with Crippen molar-refractivity contribution >= 4 is 5.91 Å². The van der Waals surface area contributed by atoms with Crippen LogP contribution in [0.15, 0.2) is 78.9 Å². The molecule has 138 valence electrons. The predicted octanol–water partition coefficient (Wildman–Crippen LogP) is 4.98. The summed E-state index contributed by atoms with van der Waals surface area (Å²) in [5.74, 6) is 0.568. The van der Waals surface area contributed by atoms with Crippen molar-refractivity contribution in [3.8, 4) is 5.75 Å². The van der Waals surface area contributed by atoms with Gasteiger partial charge in [-0.3, -0.25) is 4.79 Å². The van der Waals surface area contributed by atoms with Crippen molar-refractivity contribution in [2.24, 2.45) is 0 Å². The van der Waals surface area contributed by atoms with E-state index in [9.17, 15) is 4.79 Å². The fourth-order valence-electron chi connectivity index (χ4n) is 3.17. The molecular weight excluding hydrogens is 334 g/mol. The van der Waals surface area contributed by atoms with Gasteiger partial charge in [-0.15, -0.1) is 0 Å². The molecule has 27 heavy (non-hydrogen) atoms. The molecule has 1 unspecified atom stereocenters. The average Bonchev–Trinajstić information content (AvgIpc) is 2.66. The summed E-state index contributed by atoms with van der Waals surface area (Å²) in [6.07, 6.45) is -0.596. The van der Waals surface area contributed by atoms with Crippen LogP contribution in [0, 0.1) is 13.8 Å². The van der Waals surface area contributed by atoms with Gasteiger partial charge < -0.3 is 10.1 Å². The van der Waals surface area contributed by atoms with Crippen LogP contribution in [0.25, 0.3) is 0 Å². The Balaban J connectivity index is 1.78. The number of benzene rings is 3. The van der Waals surface area contributed by atoms with Crippen LogP contribution in [0.2, 0.25) is 0 Å². The summed E-state index contributed by atoms with van der Waals surface area (Å²) in [6, 6.07) is 25.7. The van der Waals surface area contributed by atoms with Crippen LogP contribution in [-0.4, -0.2) is 12.0 Å². The molecule has 3 aromatic carbocycles. The topological polar surface area (TPSA) is 38.3 Å².